The van der Waals surface area contributed by atoms with Gasteiger partial charge in [-0.05, 0) is 37.3 Å². The van der Waals surface area contributed by atoms with Crippen LogP contribution in [0, 0.1) is 5.82 Å². The van der Waals surface area contributed by atoms with E-state index in [1.54, 1.807) is 19.1 Å². The van der Waals surface area contributed by atoms with Gasteiger partial charge in [0.25, 0.3) is 5.91 Å². The molecule has 3 nitrogen and oxygen atoms in total. The van der Waals surface area contributed by atoms with Crippen LogP contribution in [-0.2, 0) is 4.79 Å². The molecule has 1 amide bonds. The summed E-state index contributed by atoms with van der Waals surface area (Å²) in [7, 11) is 0. The van der Waals surface area contributed by atoms with Gasteiger partial charge in [0, 0.05) is 15.8 Å². The molecule has 0 spiro atoms. The van der Waals surface area contributed by atoms with Crippen LogP contribution in [0.3, 0.4) is 0 Å². The number of rotatable bonds is 4. The predicted octanol–water partition coefficient (Wildman–Crippen LogP) is 5.69. The van der Waals surface area contributed by atoms with E-state index >= 15 is 0 Å². The maximum atomic E-state index is 13.1. The van der Waals surface area contributed by atoms with E-state index in [9.17, 15) is 9.18 Å². The second-order valence-electron chi connectivity index (χ2n) is 5.46. The molecule has 6 heteroatoms. The summed E-state index contributed by atoms with van der Waals surface area (Å²) in [5.41, 5.74) is 0.324. The molecule has 128 valence electrons. The van der Waals surface area contributed by atoms with E-state index in [-0.39, 0.29) is 5.02 Å². The van der Waals surface area contributed by atoms with E-state index < -0.39 is 17.8 Å². The third-order valence-electron chi connectivity index (χ3n) is 3.69. The highest BCUT2D eigenvalue weighted by Crippen LogP contribution is 2.32. The molecule has 0 bridgehead atoms. The Hall–Kier alpha value is -2.30. The van der Waals surface area contributed by atoms with Crippen molar-refractivity contribution in [3.05, 3.63) is 70.5 Å². The minimum Gasteiger partial charge on any atom is -0.480 e. The van der Waals surface area contributed by atoms with Gasteiger partial charge in [-0.25, -0.2) is 4.39 Å². The van der Waals surface area contributed by atoms with Crippen molar-refractivity contribution >= 4 is 45.6 Å². The van der Waals surface area contributed by atoms with Gasteiger partial charge in [0.1, 0.15) is 11.6 Å². The molecule has 3 aromatic rings. The number of fused-ring (bicyclic) bond motifs is 1. The molecule has 0 radical (unpaired) electrons. The monoisotopic (exact) mass is 377 g/mol. The maximum Gasteiger partial charge on any atom is 0.265 e. The molecule has 1 atom stereocenters. The van der Waals surface area contributed by atoms with E-state index in [0.29, 0.717) is 16.5 Å². The van der Waals surface area contributed by atoms with Crippen molar-refractivity contribution in [1.82, 2.24) is 0 Å². The van der Waals surface area contributed by atoms with Crippen molar-refractivity contribution in [3.63, 3.8) is 0 Å². The van der Waals surface area contributed by atoms with E-state index in [4.69, 9.17) is 27.9 Å². The van der Waals surface area contributed by atoms with Crippen molar-refractivity contribution in [3.8, 4) is 5.75 Å². The summed E-state index contributed by atoms with van der Waals surface area (Å²) in [5, 5.41) is 5.02. The van der Waals surface area contributed by atoms with Crippen molar-refractivity contribution in [2.45, 2.75) is 13.0 Å². The van der Waals surface area contributed by atoms with Gasteiger partial charge < -0.3 is 10.1 Å². The zero-order valence-corrected chi connectivity index (χ0v) is 14.7. The summed E-state index contributed by atoms with van der Waals surface area (Å²) < 4.78 is 18.9. The van der Waals surface area contributed by atoms with Gasteiger partial charge in [0.2, 0.25) is 0 Å². The number of hydrogen-bond donors (Lipinski definition) is 1. The second-order valence-corrected chi connectivity index (χ2v) is 6.28. The molecule has 3 rings (SSSR count). The number of halogens is 3. The SMILES string of the molecule is C[C@H](Oc1ccc(Cl)c2ccccc12)C(=O)Nc1ccc(F)cc1Cl. The van der Waals surface area contributed by atoms with E-state index in [0.717, 1.165) is 16.8 Å². The van der Waals surface area contributed by atoms with Crippen LogP contribution in [-0.4, -0.2) is 12.0 Å². The molecule has 0 aromatic heterocycles. The molecule has 25 heavy (non-hydrogen) atoms. The Kier molecular flexibility index (Phi) is 5.11. The van der Waals surface area contributed by atoms with Gasteiger partial charge in [-0.3, -0.25) is 4.79 Å². The molecule has 1 N–H and O–H groups in total. The van der Waals surface area contributed by atoms with Crippen LogP contribution >= 0.6 is 23.2 Å². The molecule has 0 aliphatic heterocycles. The second kappa shape index (κ2) is 7.30. The number of carbonyl (C=O) groups excluding carboxylic acids is 1. The van der Waals surface area contributed by atoms with Gasteiger partial charge in [0.15, 0.2) is 6.10 Å². The van der Waals surface area contributed by atoms with Crippen LogP contribution in [0.4, 0.5) is 10.1 Å². The fourth-order valence-corrected chi connectivity index (χ4v) is 2.85. The molecular weight excluding hydrogens is 364 g/mol. The molecule has 0 fully saturated rings. The van der Waals surface area contributed by atoms with Crippen molar-refractivity contribution in [2.75, 3.05) is 5.32 Å². The first-order chi connectivity index (χ1) is 12.0. The fourth-order valence-electron chi connectivity index (χ4n) is 2.41. The number of hydrogen-bond acceptors (Lipinski definition) is 2. The Morgan fingerprint density at radius 3 is 2.48 bits per heavy atom. The van der Waals surface area contributed by atoms with Crippen LogP contribution in [0.1, 0.15) is 6.92 Å². The first-order valence-electron chi connectivity index (χ1n) is 7.55. The topological polar surface area (TPSA) is 38.3 Å². The van der Waals surface area contributed by atoms with Crippen molar-refractivity contribution in [2.24, 2.45) is 0 Å². The summed E-state index contributed by atoms with van der Waals surface area (Å²) in [6.07, 6.45) is -0.786. The van der Waals surface area contributed by atoms with Gasteiger partial charge in [0.05, 0.1) is 10.7 Å². The maximum absolute atomic E-state index is 13.1. The number of carbonyl (C=O) groups is 1. The summed E-state index contributed by atoms with van der Waals surface area (Å²) >= 11 is 12.1. The molecule has 0 unspecified atom stereocenters. The van der Waals surface area contributed by atoms with E-state index in [2.05, 4.69) is 5.32 Å². The normalized spacial score (nSPS) is 12.0. The van der Waals surface area contributed by atoms with Gasteiger partial charge in [-0.2, -0.15) is 0 Å². The lowest BCUT2D eigenvalue weighted by Gasteiger charge is -2.17. The standard InChI is InChI=1S/C19H14Cl2FNO2/c1-11(19(24)23-17-8-6-12(22)10-16(17)21)25-18-9-7-15(20)13-4-2-3-5-14(13)18/h2-11H,1H3,(H,23,24)/t11-/m0/s1. The van der Waals surface area contributed by atoms with Crippen LogP contribution < -0.4 is 10.1 Å². The van der Waals surface area contributed by atoms with Gasteiger partial charge in [-0.15, -0.1) is 0 Å². The van der Waals surface area contributed by atoms with Crippen LogP contribution in [0.25, 0.3) is 10.8 Å². The average Bonchev–Trinajstić information content (AvgIpc) is 2.60. The summed E-state index contributed by atoms with van der Waals surface area (Å²) in [4.78, 5) is 12.3. The molecule has 0 aliphatic carbocycles. The minimum atomic E-state index is -0.786. The number of anilines is 1. The van der Waals surface area contributed by atoms with Gasteiger partial charge in [-0.1, -0.05) is 47.5 Å². The number of benzene rings is 3. The Labute approximate surface area is 154 Å². The average molecular weight is 378 g/mol. The highest BCUT2D eigenvalue weighted by Gasteiger charge is 2.18. The molecule has 0 aliphatic rings. The quantitative estimate of drug-likeness (QED) is 0.633. The summed E-state index contributed by atoms with van der Waals surface area (Å²) in [6.45, 7) is 1.62. The highest BCUT2D eigenvalue weighted by molar-refractivity contribution is 6.35. The molecular formula is C19H14Cl2FNO2. The Morgan fingerprint density at radius 2 is 1.76 bits per heavy atom. The Balaban J connectivity index is 1.79. The third-order valence-corrected chi connectivity index (χ3v) is 4.34. The van der Waals surface area contributed by atoms with Crippen LogP contribution in [0.15, 0.2) is 54.6 Å². The number of ether oxygens (including phenoxy) is 1. The lowest BCUT2D eigenvalue weighted by molar-refractivity contribution is -0.122. The predicted molar refractivity (Wildman–Crippen MR) is 99.1 cm³/mol. The third kappa shape index (κ3) is 3.86. The zero-order valence-electron chi connectivity index (χ0n) is 13.2. The highest BCUT2D eigenvalue weighted by atomic mass is 35.5. The molecule has 0 heterocycles. The van der Waals surface area contributed by atoms with Gasteiger partial charge >= 0.3 is 0 Å². The van der Waals surface area contributed by atoms with E-state index in [1.807, 2.05) is 24.3 Å². The minimum absolute atomic E-state index is 0.123. The first-order valence-corrected chi connectivity index (χ1v) is 8.31. The fraction of sp³-hybridized carbons (Fsp3) is 0.105. The lowest BCUT2D eigenvalue weighted by Crippen LogP contribution is -2.30. The zero-order chi connectivity index (χ0) is 18.0. The lowest BCUT2D eigenvalue weighted by atomic mass is 10.1. The molecule has 0 saturated carbocycles. The number of nitrogens with one attached hydrogen (secondary N) is 1. The van der Waals surface area contributed by atoms with Crippen molar-refractivity contribution in [1.29, 1.82) is 0 Å². The summed E-state index contributed by atoms with van der Waals surface area (Å²) in [5.74, 6) is -0.319. The largest absolute Gasteiger partial charge is 0.480 e. The smallest absolute Gasteiger partial charge is 0.265 e. The Bertz CT molecular complexity index is 946. The molecule has 3 aromatic carbocycles. The summed E-state index contributed by atoms with van der Waals surface area (Å²) in [6, 6.07) is 14.7. The van der Waals surface area contributed by atoms with Crippen molar-refractivity contribution < 1.29 is 13.9 Å². The van der Waals surface area contributed by atoms with Crippen LogP contribution in [0.2, 0.25) is 10.0 Å². The van der Waals surface area contributed by atoms with E-state index in [1.165, 1.54) is 12.1 Å². The first kappa shape index (κ1) is 17.5. The van der Waals surface area contributed by atoms with Crippen LogP contribution in [0.5, 0.6) is 5.75 Å². The Morgan fingerprint density at radius 1 is 1.04 bits per heavy atom. The molecule has 0 saturated heterocycles. The number of amides is 1.